The molecule has 0 radical (unpaired) electrons. The Balaban J connectivity index is 1.96. The minimum absolute atomic E-state index is 0.0170. The number of carbonyl (C=O) groups is 2. The van der Waals surface area contributed by atoms with Gasteiger partial charge in [-0.3, -0.25) is 14.5 Å². The Kier molecular flexibility index (Phi) is 7.10. The van der Waals surface area contributed by atoms with Crippen molar-refractivity contribution in [2.45, 2.75) is 32.7 Å². The van der Waals surface area contributed by atoms with E-state index in [1.54, 1.807) is 36.4 Å². The highest BCUT2D eigenvalue weighted by molar-refractivity contribution is 6.51. The largest absolute Gasteiger partial charge is 0.507 e. The fraction of sp³-hybridized carbons (Fsp3) is 0.241. The maximum atomic E-state index is 14.1. The van der Waals surface area contributed by atoms with Crippen LogP contribution in [0, 0.1) is 5.82 Å². The summed E-state index contributed by atoms with van der Waals surface area (Å²) in [6.45, 7) is 6.41. The lowest BCUT2D eigenvalue weighted by Crippen LogP contribution is -2.29. The monoisotopic (exact) mass is 489 g/mol. The second-order valence-corrected chi connectivity index (χ2v) is 8.77. The Morgan fingerprint density at radius 2 is 1.78 bits per heavy atom. The number of ketones is 1. The average molecular weight is 490 g/mol. The lowest BCUT2D eigenvalue weighted by atomic mass is 9.94. The summed E-state index contributed by atoms with van der Waals surface area (Å²) in [5.74, 6) is -1.80. The lowest BCUT2D eigenvalue weighted by Gasteiger charge is -2.26. The number of methoxy groups -OCH3 is 1. The first-order valence-electron chi connectivity index (χ1n) is 11.7. The number of aliphatic hydroxyl groups is 1. The Labute approximate surface area is 209 Å². The molecule has 186 valence electrons. The van der Waals surface area contributed by atoms with Gasteiger partial charge in [-0.05, 0) is 66.4 Å². The Morgan fingerprint density at radius 3 is 2.42 bits per heavy atom. The number of nitrogens with zero attached hydrogens (tertiary/aromatic N) is 1. The van der Waals surface area contributed by atoms with Crippen LogP contribution < -0.4 is 14.4 Å². The van der Waals surface area contributed by atoms with Crippen LogP contribution in [-0.4, -0.2) is 30.5 Å². The number of ether oxygens (including phenoxy) is 2. The van der Waals surface area contributed by atoms with Gasteiger partial charge in [0.15, 0.2) is 0 Å². The van der Waals surface area contributed by atoms with Crippen molar-refractivity contribution in [1.82, 2.24) is 0 Å². The molecule has 0 aromatic heterocycles. The van der Waals surface area contributed by atoms with Gasteiger partial charge in [-0.15, -0.1) is 0 Å². The fourth-order valence-electron chi connectivity index (χ4n) is 4.39. The molecule has 1 aliphatic heterocycles. The van der Waals surface area contributed by atoms with Gasteiger partial charge in [0, 0.05) is 5.69 Å². The van der Waals surface area contributed by atoms with E-state index < -0.39 is 29.3 Å². The van der Waals surface area contributed by atoms with Gasteiger partial charge in [0.2, 0.25) is 0 Å². The third kappa shape index (κ3) is 4.56. The van der Waals surface area contributed by atoms with Crippen LogP contribution in [0.25, 0.3) is 5.76 Å². The number of aliphatic hydroxyl groups excluding tert-OH is 1. The van der Waals surface area contributed by atoms with Crippen LogP contribution in [0.15, 0.2) is 72.3 Å². The Morgan fingerprint density at radius 1 is 1.06 bits per heavy atom. The highest BCUT2D eigenvalue weighted by Crippen LogP contribution is 2.44. The third-order valence-corrected chi connectivity index (χ3v) is 6.18. The summed E-state index contributed by atoms with van der Waals surface area (Å²) in [5, 5.41) is 11.3. The second-order valence-electron chi connectivity index (χ2n) is 8.77. The summed E-state index contributed by atoms with van der Waals surface area (Å²) in [7, 11) is 1.38. The van der Waals surface area contributed by atoms with Crippen molar-refractivity contribution in [2.75, 3.05) is 18.6 Å². The van der Waals surface area contributed by atoms with Gasteiger partial charge >= 0.3 is 0 Å². The minimum Gasteiger partial charge on any atom is -0.507 e. The van der Waals surface area contributed by atoms with Crippen LogP contribution in [0.5, 0.6) is 11.5 Å². The molecule has 1 fully saturated rings. The Bertz CT molecular complexity index is 1330. The predicted molar refractivity (Wildman–Crippen MR) is 136 cm³/mol. The summed E-state index contributed by atoms with van der Waals surface area (Å²) < 4.78 is 25.1. The number of benzene rings is 3. The average Bonchev–Trinajstić information content (AvgIpc) is 3.14. The molecule has 7 heteroatoms. The lowest BCUT2D eigenvalue weighted by molar-refractivity contribution is -0.132. The van der Waals surface area contributed by atoms with Crippen LogP contribution in [0.2, 0.25) is 0 Å². The van der Waals surface area contributed by atoms with Crippen LogP contribution >= 0.6 is 0 Å². The maximum absolute atomic E-state index is 14.1. The summed E-state index contributed by atoms with van der Waals surface area (Å²) in [6, 6.07) is 17.0. The number of rotatable bonds is 7. The zero-order valence-electron chi connectivity index (χ0n) is 20.6. The van der Waals surface area contributed by atoms with Crippen molar-refractivity contribution < 1.29 is 28.6 Å². The van der Waals surface area contributed by atoms with E-state index in [9.17, 15) is 19.1 Å². The molecule has 3 aromatic rings. The van der Waals surface area contributed by atoms with Crippen LogP contribution in [0.4, 0.5) is 10.1 Å². The van der Waals surface area contributed by atoms with Gasteiger partial charge < -0.3 is 14.6 Å². The summed E-state index contributed by atoms with van der Waals surface area (Å²) in [4.78, 5) is 28.1. The number of halogens is 1. The van der Waals surface area contributed by atoms with Crippen LogP contribution in [0.1, 0.15) is 49.4 Å². The third-order valence-electron chi connectivity index (χ3n) is 6.18. The van der Waals surface area contributed by atoms with Crippen molar-refractivity contribution in [1.29, 1.82) is 0 Å². The van der Waals surface area contributed by atoms with E-state index in [4.69, 9.17) is 9.47 Å². The maximum Gasteiger partial charge on any atom is 0.300 e. The molecule has 36 heavy (non-hydrogen) atoms. The standard InChI is InChI=1S/C29H28FNO5/c1-5-36-22-8-6-7-19(15-22)26-25(27(32)23-16-20(30)11-14-24(23)35-4)28(33)29(34)31(26)21-12-9-18(10-13-21)17(2)3/h6-17,26,32H,5H2,1-4H3/b27-25+. The number of Topliss-reactive ketones (excluding diaryl/α,β-unsaturated/α-hetero) is 1. The molecule has 0 bridgehead atoms. The van der Waals surface area contributed by atoms with Crippen molar-refractivity contribution >= 4 is 23.1 Å². The van der Waals surface area contributed by atoms with E-state index in [0.717, 1.165) is 11.6 Å². The second kappa shape index (κ2) is 10.2. The van der Waals surface area contributed by atoms with E-state index in [1.807, 2.05) is 19.1 Å². The van der Waals surface area contributed by atoms with E-state index >= 15 is 0 Å². The molecule has 4 rings (SSSR count). The molecule has 1 N–H and O–H groups in total. The molecular formula is C29H28FNO5. The van der Waals surface area contributed by atoms with Gasteiger partial charge in [-0.25, -0.2) is 4.39 Å². The van der Waals surface area contributed by atoms with Crippen LogP contribution in [0.3, 0.4) is 0 Å². The fourth-order valence-corrected chi connectivity index (χ4v) is 4.39. The molecular weight excluding hydrogens is 461 g/mol. The molecule has 1 atom stereocenters. The van der Waals surface area contributed by atoms with Crippen molar-refractivity contribution in [3.05, 3.63) is 94.8 Å². The topological polar surface area (TPSA) is 76.1 Å². The molecule has 0 saturated carbocycles. The van der Waals surface area contributed by atoms with Gasteiger partial charge in [0.25, 0.3) is 11.7 Å². The smallest absolute Gasteiger partial charge is 0.300 e. The summed E-state index contributed by atoms with van der Waals surface area (Å²) >= 11 is 0. The van der Waals surface area contributed by atoms with Crippen molar-refractivity contribution in [3.8, 4) is 11.5 Å². The number of anilines is 1. The highest BCUT2D eigenvalue weighted by atomic mass is 19.1. The molecule has 1 amide bonds. The molecule has 6 nitrogen and oxygen atoms in total. The summed E-state index contributed by atoms with van der Waals surface area (Å²) in [5.41, 5.74) is 1.96. The molecule has 1 heterocycles. The van der Waals surface area contributed by atoms with Gasteiger partial charge in [0.05, 0.1) is 30.9 Å². The first kappa shape index (κ1) is 25.0. The van der Waals surface area contributed by atoms with E-state index in [0.29, 0.717) is 23.6 Å². The normalized spacial score (nSPS) is 17.1. The van der Waals surface area contributed by atoms with Crippen molar-refractivity contribution in [2.24, 2.45) is 0 Å². The van der Waals surface area contributed by atoms with Gasteiger partial charge in [-0.2, -0.15) is 0 Å². The molecule has 1 aliphatic rings. The SMILES string of the molecule is CCOc1cccc(C2/C(=C(\O)c3cc(F)ccc3OC)C(=O)C(=O)N2c2ccc(C(C)C)cc2)c1. The molecule has 1 saturated heterocycles. The van der Waals surface area contributed by atoms with Gasteiger partial charge in [0.1, 0.15) is 23.1 Å². The summed E-state index contributed by atoms with van der Waals surface area (Å²) in [6.07, 6.45) is 0. The number of hydrogen-bond donors (Lipinski definition) is 1. The quantitative estimate of drug-likeness (QED) is 0.251. The molecule has 1 unspecified atom stereocenters. The highest BCUT2D eigenvalue weighted by Gasteiger charge is 2.47. The number of amides is 1. The van der Waals surface area contributed by atoms with Crippen LogP contribution in [-0.2, 0) is 9.59 Å². The minimum atomic E-state index is -0.969. The van der Waals surface area contributed by atoms with Gasteiger partial charge in [-0.1, -0.05) is 38.1 Å². The first-order valence-corrected chi connectivity index (χ1v) is 11.7. The number of carbonyl (C=O) groups excluding carboxylic acids is 2. The predicted octanol–water partition coefficient (Wildman–Crippen LogP) is 5.98. The zero-order chi connectivity index (χ0) is 26.0. The Hall–Kier alpha value is -4.13. The molecule has 0 aliphatic carbocycles. The van der Waals surface area contributed by atoms with E-state index in [1.165, 1.54) is 24.1 Å². The number of hydrogen-bond acceptors (Lipinski definition) is 5. The van der Waals surface area contributed by atoms with E-state index in [-0.39, 0.29) is 22.8 Å². The first-order chi connectivity index (χ1) is 17.3. The van der Waals surface area contributed by atoms with Crippen molar-refractivity contribution in [3.63, 3.8) is 0 Å². The molecule has 0 spiro atoms. The zero-order valence-corrected chi connectivity index (χ0v) is 20.6. The van der Waals surface area contributed by atoms with E-state index in [2.05, 4.69) is 13.8 Å². The molecule has 3 aromatic carbocycles.